The third kappa shape index (κ3) is 8.08. The molecule has 6 rings (SSSR count). The molecule has 1 amide bonds. The summed E-state index contributed by atoms with van der Waals surface area (Å²) < 4.78 is 33.9. The van der Waals surface area contributed by atoms with Gasteiger partial charge in [0.2, 0.25) is 5.88 Å². The van der Waals surface area contributed by atoms with Gasteiger partial charge in [0.1, 0.15) is 29.2 Å². The number of carbonyl (C=O) groups is 1. The van der Waals surface area contributed by atoms with E-state index in [1.165, 1.54) is 6.07 Å². The van der Waals surface area contributed by atoms with Gasteiger partial charge in [0.05, 0.1) is 30.2 Å². The van der Waals surface area contributed by atoms with Crippen molar-refractivity contribution in [2.75, 3.05) is 25.0 Å². The number of fused-ring (bicyclic) bond motifs is 1. The molecular formula is C33H38ClFN6O4. The number of likely N-dealkylation sites (tertiary alicyclic amines) is 1. The van der Waals surface area contributed by atoms with Gasteiger partial charge in [0.25, 0.3) is 0 Å². The number of piperidine rings is 1. The second-order valence-corrected chi connectivity index (χ2v) is 13.0. The molecule has 45 heavy (non-hydrogen) atoms. The third-order valence-corrected chi connectivity index (χ3v) is 8.12. The van der Waals surface area contributed by atoms with E-state index in [1.54, 1.807) is 24.4 Å². The largest absolute Gasteiger partial charge is 0.474 e. The molecule has 238 valence electrons. The minimum absolute atomic E-state index is 0.0138. The normalized spacial score (nSPS) is 17.7. The summed E-state index contributed by atoms with van der Waals surface area (Å²) in [5, 5.41) is 3.17. The van der Waals surface area contributed by atoms with Crippen LogP contribution in [-0.4, -0.2) is 68.0 Å². The molecule has 2 aromatic carbocycles. The van der Waals surface area contributed by atoms with Crippen LogP contribution in [0.3, 0.4) is 0 Å². The van der Waals surface area contributed by atoms with E-state index in [2.05, 4.69) is 24.8 Å². The molecule has 2 aliphatic rings. The average molecular weight is 637 g/mol. The molecule has 0 spiro atoms. The number of anilines is 1. The maximum atomic E-state index is 14.3. The van der Waals surface area contributed by atoms with Crippen LogP contribution in [0.5, 0.6) is 5.88 Å². The first-order valence-corrected chi connectivity index (χ1v) is 15.7. The highest BCUT2D eigenvalue weighted by atomic mass is 35.5. The van der Waals surface area contributed by atoms with Crippen LogP contribution in [0.25, 0.3) is 11.0 Å². The molecule has 2 fully saturated rings. The number of nitrogens with zero attached hydrogens (tertiary/aromatic N) is 5. The lowest BCUT2D eigenvalue weighted by Crippen LogP contribution is -2.39. The molecule has 0 radical (unpaired) electrons. The van der Waals surface area contributed by atoms with Crippen LogP contribution in [0.2, 0.25) is 5.02 Å². The number of benzene rings is 2. The smallest absolute Gasteiger partial charge is 0.412 e. The van der Waals surface area contributed by atoms with Crippen molar-refractivity contribution in [3.05, 3.63) is 76.7 Å². The van der Waals surface area contributed by atoms with E-state index in [0.717, 1.165) is 62.4 Å². The van der Waals surface area contributed by atoms with Crippen LogP contribution in [-0.2, 0) is 29.0 Å². The molecule has 1 N–H and O–H groups in total. The van der Waals surface area contributed by atoms with Gasteiger partial charge >= 0.3 is 6.09 Å². The Hall–Kier alpha value is -3.80. The van der Waals surface area contributed by atoms with E-state index in [1.807, 2.05) is 39.0 Å². The Kier molecular flexibility index (Phi) is 9.21. The molecule has 0 unspecified atom stereocenters. The first-order valence-electron chi connectivity index (χ1n) is 15.3. The van der Waals surface area contributed by atoms with Gasteiger partial charge in [-0.25, -0.2) is 19.2 Å². The Morgan fingerprint density at radius 3 is 2.62 bits per heavy atom. The van der Waals surface area contributed by atoms with Crippen LogP contribution >= 0.6 is 11.6 Å². The maximum Gasteiger partial charge on any atom is 0.412 e. The van der Waals surface area contributed by atoms with Crippen molar-refractivity contribution in [1.82, 2.24) is 24.4 Å². The Morgan fingerprint density at radius 1 is 1.11 bits per heavy atom. The van der Waals surface area contributed by atoms with Gasteiger partial charge < -0.3 is 18.8 Å². The fraction of sp³-hybridized carbons (Fsp3) is 0.455. The Bertz CT molecular complexity index is 1660. The summed E-state index contributed by atoms with van der Waals surface area (Å²) in [7, 11) is 0. The van der Waals surface area contributed by atoms with Crippen molar-refractivity contribution < 1.29 is 23.4 Å². The highest BCUT2D eigenvalue weighted by Crippen LogP contribution is 2.26. The molecule has 4 heterocycles. The summed E-state index contributed by atoms with van der Waals surface area (Å²) in [6.45, 7) is 9.39. The van der Waals surface area contributed by atoms with Crippen molar-refractivity contribution in [3.63, 3.8) is 0 Å². The number of imidazole rings is 1. The zero-order chi connectivity index (χ0) is 31.6. The van der Waals surface area contributed by atoms with Crippen LogP contribution < -0.4 is 10.1 Å². The van der Waals surface area contributed by atoms with Crippen LogP contribution in [0.4, 0.5) is 14.9 Å². The number of hydrogen-bond donors (Lipinski definition) is 1. The lowest BCUT2D eigenvalue weighted by atomic mass is 10.1. The number of halogens is 2. The molecule has 0 saturated carbocycles. The van der Waals surface area contributed by atoms with Crippen molar-refractivity contribution in [1.29, 1.82) is 0 Å². The van der Waals surface area contributed by atoms with Gasteiger partial charge in [-0.1, -0.05) is 17.7 Å². The van der Waals surface area contributed by atoms with E-state index in [-0.39, 0.29) is 24.4 Å². The molecule has 2 aliphatic heterocycles. The van der Waals surface area contributed by atoms with Crippen molar-refractivity contribution in [3.8, 4) is 5.88 Å². The Labute approximate surface area is 266 Å². The standard InChI is InChI=1S/C33H38ClFN6O4/c1-33(2,3)45-32(42)37-23-6-7-28-27(18-23)38-30(41(28)19-25-11-15-43-25)20-40-13-9-24(10-14-40)44-31-8-12-36-29(39-31)16-21-4-5-22(34)17-26(21)35/h4-8,12,17-18,24-25H,9-11,13-16,19-20H2,1-3H3,(H,37,42)/t25-/m0/s1. The number of carbonyl (C=O) groups excluding carboxylic acids is 1. The van der Waals surface area contributed by atoms with E-state index in [9.17, 15) is 9.18 Å². The first kappa shape index (κ1) is 31.2. The van der Waals surface area contributed by atoms with Gasteiger partial charge in [-0.15, -0.1) is 0 Å². The average Bonchev–Trinajstić information content (AvgIpc) is 3.28. The van der Waals surface area contributed by atoms with Gasteiger partial charge in [0, 0.05) is 49.1 Å². The van der Waals surface area contributed by atoms with E-state index in [0.29, 0.717) is 34.5 Å². The Morgan fingerprint density at radius 2 is 1.91 bits per heavy atom. The van der Waals surface area contributed by atoms with Gasteiger partial charge in [0.15, 0.2) is 0 Å². The van der Waals surface area contributed by atoms with E-state index >= 15 is 0 Å². The monoisotopic (exact) mass is 636 g/mol. The molecule has 10 nitrogen and oxygen atoms in total. The topological polar surface area (TPSA) is 104 Å². The number of aromatic nitrogens is 4. The summed E-state index contributed by atoms with van der Waals surface area (Å²) in [5.74, 6) is 1.57. The quantitative estimate of drug-likeness (QED) is 0.225. The maximum absolute atomic E-state index is 14.3. The molecule has 12 heteroatoms. The van der Waals surface area contributed by atoms with Crippen LogP contribution in [0.1, 0.15) is 57.2 Å². The van der Waals surface area contributed by atoms with Crippen LogP contribution in [0, 0.1) is 5.82 Å². The minimum atomic E-state index is -0.583. The summed E-state index contributed by atoms with van der Waals surface area (Å²) in [5.41, 5.74) is 2.36. The van der Waals surface area contributed by atoms with E-state index in [4.69, 9.17) is 30.8 Å². The molecular weight excluding hydrogens is 599 g/mol. The SMILES string of the molecule is CC(C)(C)OC(=O)Nc1ccc2c(c1)nc(CN1CCC(Oc3ccnc(Cc4ccc(Cl)cc4F)n3)CC1)n2C[C@@H]1CCO1. The summed E-state index contributed by atoms with van der Waals surface area (Å²) in [6, 6.07) is 12.1. The second kappa shape index (κ2) is 13.3. The molecule has 1 atom stereocenters. The highest BCUT2D eigenvalue weighted by Gasteiger charge is 2.26. The van der Waals surface area contributed by atoms with Crippen molar-refractivity contribution in [2.24, 2.45) is 0 Å². The van der Waals surface area contributed by atoms with Crippen LogP contribution in [0.15, 0.2) is 48.7 Å². The summed E-state index contributed by atoms with van der Waals surface area (Å²) >= 11 is 5.88. The predicted octanol–water partition coefficient (Wildman–Crippen LogP) is 6.39. The van der Waals surface area contributed by atoms with Crippen molar-refractivity contribution in [2.45, 2.75) is 77.4 Å². The summed E-state index contributed by atoms with van der Waals surface area (Å²) in [6.07, 6.45) is 4.29. The second-order valence-electron chi connectivity index (χ2n) is 12.6. The van der Waals surface area contributed by atoms with Gasteiger partial charge in [-0.3, -0.25) is 10.2 Å². The van der Waals surface area contributed by atoms with E-state index < -0.39 is 11.7 Å². The number of rotatable bonds is 9. The lowest BCUT2D eigenvalue weighted by molar-refractivity contribution is -0.0592. The molecule has 2 saturated heterocycles. The zero-order valence-electron chi connectivity index (χ0n) is 25.8. The highest BCUT2D eigenvalue weighted by molar-refractivity contribution is 6.30. The third-order valence-electron chi connectivity index (χ3n) is 7.88. The summed E-state index contributed by atoms with van der Waals surface area (Å²) in [4.78, 5) is 28.5. The van der Waals surface area contributed by atoms with Gasteiger partial charge in [-0.2, -0.15) is 4.98 Å². The molecule has 0 bridgehead atoms. The molecule has 4 aromatic rings. The molecule has 0 aliphatic carbocycles. The van der Waals surface area contributed by atoms with Gasteiger partial charge in [-0.05, 0) is 75.9 Å². The number of ether oxygens (including phenoxy) is 3. The Balaban J connectivity index is 1.08. The predicted molar refractivity (Wildman–Crippen MR) is 169 cm³/mol. The number of nitrogens with one attached hydrogen (secondary N) is 1. The first-order chi connectivity index (χ1) is 21.6. The lowest BCUT2D eigenvalue weighted by Gasteiger charge is -2.32. The molecule has 2 aromatic heterocycles. The fourth-order valence-corrected chi connectivity index (χ4v) is 5.72. The zero-order valence-corrected chi connectivity index (χ0v) is 26.5. The minimum Gasteiger partial charge on any atom is -0.474 e. The number of amides is 1. The number of hydrogen-bond acceptors (Lipinski definition) is 8. The fourth-order valence-electron chi connectivity index (χ4n) is 5.56. The van der Waals surface area contributed by atoms with Crippen molar-refractivity contribution >= 4 is 34.4 Å².